The van der Waals surface area contributed by atoms with Crippen LogP contribution in [0.1, 0.15) is 42.4 Å². The molecule has 0 bridgehead atoms. The summed E-state index contributed by atoms with van der Waals surface area (Å²) in [5, 5.41) is 7.39. The molecule has 2 heterocycles. The molecule has 0 spiro atoms. The number of amides is 1. The van der Waals surface area contributed by atoms with E-state index in [1.54, 1.807) is 0 Å². The zero-order valence-corrected chi connectivity index (χ0v) is 14.5. The first-order valence-corrected chi connectivity index (χ1v) is 8.19. The number of hydrogen-bond donors (Lipinski definition) is 1. The zero-order chi connectivity index (χ0) is 16.8. The molecule has 0 aliphatic rings. The van der Waals surface area contributed by atoms with Gasteiger partial charge < -0.3 is 10.1 Å². The minimum atomic E-state index is 0.0667. The molecule has 0 aromatic carbocycles. The molecule has 1 N–H and O–H groups in total. The fourth-order valence-electron chi connectivity index (χ4n) is 2.68. The van der Waals surface area contributed by atoms with E-state index < -0.39 is 0 Å². The van der Waals surface area contributed by atoms with E-state index >= 15 is 0 Å². The van der Waals surface area contributed by atoms with E-state index in [-0.39, 0.29) is 5.91 Å². The molecule has 2 rings (SSSR count). The summed E-state index contributed by atoms with van der Waals surface area (Å²) < 4.78 is 7.11. The van der Waals surface area contributed by atoms with Crippen molar-refractivity contribution in [1.82, 2.24) is 19.9 Å². The molecule has 126 valence electrons. The standard InChI is InChI=1S/C17H26N4O2/c1-5-23-10-6-9-18-17(22)8-7-15-13(3)19-16-11-12(2)20-21(16)14(15)4/h11H,5-10H2,1-4H3,(H,18,22). The quantitative estimate of drug-likeness (QED) is 0.757. The molecule has 0 saturated carbocycles. The molecule has 0 aliphatic heterocycles. The first-order chi connectivity index (χ1) is 11.0. The number of aromatic nitrogens is 3. The summed E-state index contributed by atoms with van der Waals surface area (Å²) in [6, 6.07) is 1.97. The monoisotopic (exact) mass is 318 g/mol. The van der Waals surface area contributed by atoms with E-state index in [9.17, 15) is 4.79 Å². The van der Waals surface area contributed by atoms with Gasteiger partial charge in [-0.15, -0.1) is 0 Å². The lowest BCUT2D eigenvalue weighted by atomic mass is 10.1. The number of nitrogens with zero attached hydrogens (tertiary/aromatic N) is 3. The van der Waals surface area contributed by atoms with Crippen molar-refractivity contribution in [2.45, 2.75) is 47.0 Å². The van der Waals surface area contributed by atoms with Gasteiger partial charge in [0, 0.05) is 43.6 Å². The molecule has 0 saturated heterocycles. The maximum Gasteiger partial charge on any atom is 0.220 e. The first kappa shape index (κ1) is 17.4. The molecule has 1 amide bonds. The predicted octanol–water partition coefficient (Wildman–Crippen LogP) is 2.13. The van der Waals surface area contributed by atoms with Crippen LogP contribution in [0.25, 0.3) is 5.65 Å². The molecule has 0 unspecified atom stereocenters. The maximum absolute atomic E-state index is 11.9. The highest BCUT2D eigenvalue weighted by Gasteiger charge is 2.12. The van der Waals surface area contributed by atoms with E-state index in [2.05, 4.69) is 15.4 Å². The number of carbonyl (C=O) groups excluding carboxylic acids is 1. The average Bonchev–Trinajstić information content (AvgIpc) is 2.87. The Labute approximate surface area is 137 Å². The summed E-state index contributed by atoms with van der Waals surface area (Å²) in [5.74, 6) is 0.0667. The van der Waals surface area contributed by atoms with Crippen LogP contribution in [0.4, 0.5) is 0 Å². The van der Waals surface area contributed by atoms with Gasteiger partial charge in [0.2, 0.25) is 5.91 Å². The van der Waals surface area contributed by atoms with Crippen molar-refractivity contribution in [2.24, 2.45) is 0 Å². The summed E-state index contributed by atoms with van der Waals surface area (Å²) in [7, 11) is 0. The minimum Gasteiger partial charge on any atom is -0.382 e. The van der Waals surface area contributed by atoms with Crippen molar-refractivity contribution in [3.8, 4) is 0 Å². The highest BCUT2D eigenvalue weighted by atomic mass is 16.5. The van der Waals surface area contributed by atoms with Crippen LogP contribution < -0.4 is 5.32 Å². The molecule has 0 radical (unpaired) electrons. The van der Waals surface area contributed by atoms with Gasteiger partial charge in [-0.3, -0.25) is 4.79 Å². The van der Waals surface area contributed by atoms with Crippen LogP contribution in [0, 0.1) is 20.8 Å². The van der Waals surface area contributed by atoms with E-state index in [0.29, 0.717) is 26.0 Å². The maximum atomic E-state index is 11.9. The zero-order valence-electron chi connectivity index (χ0n) is 14.5. The third kappa shape index (κ3) is 4.51. The van der Waals surface area contributed by atoms with Crippen LogP contribution in [0.3, 0.4) is 0 Å². The molecular weight excluding hydrogens is 292 g/mol. The Morgan fingerprint density at radius 2 is 2.13 bits per heavy atom. The number of fused-ring (bicyclic) bond motifs is 1. The third-order valence-electron chi connectivity index (χ3n) is 3.88. The lowest BCUT2D eigenvalue weighted by molar-refractivity contribution is -0.121. The van der Waals surface area contributed by atoms with Gasteiger partial charge in [0.25, 0.3) is 0 Å². The Bertz CT molecular complexity index is 679. The molecule has 2 aromatic heterocycles. The van der Waals surface area contributed by atoms with Gasteiger partial charge in [0.1, 0.15) is 0 Å². The van der Waals surface area contributed by atoms with Crippen molar-refractivity contribution in [1.29, 1.82) is 0 Å². The molecule has 0 aliphatic carbocycles. The number of nitrogens with one attached hydrogen (secondary N) is 1. The summed E-state index contributed by atoms with van der Waals surface area (Å²) in [6.45, 7) is 10.0. The Morgan fingerprint density at radius 1 is 1.35 bits per heavy atom. The van der Waals surface area contributed by atoms with Crippen molar-refractivity contribution in [2.75, 3.05) is 19.8 Å². The van der Waals surface area contributed by atoms with Crippen molar-refractivity contribution in [3.63, 3.8) is 0 Å². The summed E-state index contributed by atoms with van der Waals surface area (Å²) in [5.41, 5.74) is 4.94. The fraction of sp³-hybridized carbons (Fsp3) is 0.588. The van der Waals surface area contributed by atoms with Gasteiger partial charge >= 0.3 is 0 Å². The summed E-state index contributed by atoms with van der Waals surface area (Å²) >= 11 is 0. The number of aryl methyl sites for hydroxylation is 3. The van der Waals surface area contributed by atoms with E-state index in [4.69, 9.17) is 4.74 Å². The Morgan fingerprint density at radius 3 is 2.87 bits per heavy atom. The molecule has 2 aromatic rings. The summed E-state index contributed by atoms with van der Waals surface area (Å²) in [6.07, 6.45) is 1.98. The predicted molar refractivity (Wildman–Crippen MR) is 89.6 cm³/mol. The number of hydrogen-bond acceptors (Lipinski definition) is 4. The molecule has 6 heteroatoms. The lowest BCUT2D eigenvalue weighted by Gasteiger charge is -2.11. The second kappa shape index (κ2) is 8.06. The Hall–Kier alpha value is -1.95. The molecule has 0 fully saturated rings. The van der Waals surface area contributed by atoms with E-state index in [0.717, 1.165) is 41.3 Å². The van der Waals surface area contributed by atoms with Crippen LogP contribution in [0.5, 0.6) is 0 Å². The largest absolute Gasteiger partial charge is 0.382 e. The number of rotatable bonds is 8. The SMILES string of the molecule is CCOCCCNC(=O)CCc1c(C)nc2cc(C)nn2c1C. The molecule has 6 nitrogen and oxygen atoms in total. The van der Waals surface area contributed by atoms with Gasteiger partial charge in [0.15, 0.2) is 5.65 Å². The summed E-state index contributed by atoms with van der Waals surface area (Å²) in [4.78, 5) is 16.5. The van der Waals surface area contributed by atoms with Crippen LogP contribution in [0.2, 0.25) is 0 Å². The second-order valence-corrected chi connectivity index (χ2v) is 5.72. The average molecular weight is 318 g/mol. The van der Waals surface area contributed by atoms with Gasteiger partial charge in [0.05, 0.1) is 5.69 Å². The van der Waals surface area contributed by atoms with Crippen LogP contribution >= 0.6 is 0 Å². The lowest BCUT2D eigenvalue weighted by Crippen LogP contribution is -2.25. The number of carbonyl (C=O) groups is 1. The molecular formula is C17H26N4O2. The van der Waals surface area contributed by atoms with Crippen molar-refractivity contribution >= 4 is 11.6 Å². The fourth-order valence-corrected chi connectivity index (χ4v) is 2.68. The van der Waals surface area contributed by atoms with Crippen molar-refractivity contribution in [3.05, 3.63) is 28.7 Å². The highest BCUT2D eigenvalue weighted by molar-refractivity contribution is 5.76. The van der Waals surface area contributed by atoms with E-state index in [1.807, 2.05) is 38.3 Å². The van der Waals surface area contributed by atoms with Gasteiger partial charge in [-0.1, -0.05) is 0 Å². The van der Waals surface area contributed by atoms with Gasteiger partial charge in [-0.2, -0.15) is 5.10 Å². The van der Waals surface area contributed by atoms with Crippen LogP contribution in [-0.4, -0.2) is 40.3 Å². The topological polar surface area (TPSA) is 68.5 Å². The first-order valence-electron chi connectivity index (χ1n) is 8.19. The van der Waals surface area contributed by atoms with Gasteiger partial charge in [-0.05, 0) is 46.1 Å². The Balaban J connectivity index is 1.92. The smallest absolute Gasteiger partial charge is 0.220 e. The van der Waals surface area contributed by atoms with Gasteiger partial charge in [-0.25, -0.2) is 9.50 Å². The molecule has 23 heavy (non-hydrogen) atoms. The van der Waals surface area contributed by atoms with Crippen LogP contribution in [0.15, 0.2) is 6.07 Å². The second-order valence-electron chi connectivity index (χ2n) is 5.72. The molecule has 0 atom stereocenters. The minimum absolute atomic E-state index is 0.0667. The Kier molecular flexibility index (Phi) is 6.10. The third-order valence-corrected chi connectivity index (χ3v) is 3.88. The van der Waals surface area contributed by atoms with E-state index in [1.165, 1.54) is 0 Å². The van der Waals surface area contributed by atoms with Crippen LogP contribution in [-0.2, 0) is 16.0 Å². The highest BCUT2D eigenvalue weighted by Crippen LogP contribution is 2.16. The van der Waals surface area contributed by atoms with Crippen molar-refractivity contribution < 1.29 is 9.53 Å². The number of ether oxygens (including phenoxy) is 1. The normalized spacial score (nSPS) is 11.1.